The molecule has 0 aliphatic rings. The van der Waals surface area contributed by atoms with E-state index in [0.29, 0.717) is 23.7 Å². The van der Waals surface area contributed by atoms with Crippen LogP contribution >= 0.6 is 0 Å². The van der Waals surface area contributed by atoms with Gasteiger partial charge in [0.25, 0.3) is 0 Å². The van der Waals surface area contributed by atoms with Gasteiger partial charge in [-0.05, 0) is 45.9 Å². The van der Waals surface area contributed by atoms with E-state index in [1.807, 2.05) is 12.4 Å². The SMILES string of the molecule is CC(C)c1cccc(C(C)C)c1C(c1c(C(C)C)cccc1C(C)C)([n+]1cc[nH]c1)[n+]1cc[nH]c1.[Br-].[Br-]. The molecule has 2 aromatic carbocycles. The molecule has 0 saturated heterocycles. The Balaban J connectivity index is 0.00000241. The van der Waals surface area contributed by atoms with Crippen molar-refractivity contribution in [1.29, 1.82) is 0 Å². The van der Waals surface area contributed by atoms with Gasteiger partial charge in [0.15, 0.2) is 0 Å². The average Bonchev–Trinajstić information content (AvgIpc) is 3.55. The first-order valence-electron chi connectivity index (χ1n) is 13.1. The molecule has 0 aliphatic heterocycles. The minimum Gasteiger partial charge on any atom is -1.00 e. The van der Waals surface area contributed by atoms with Crippen LogP contribution in [0.15, 0.2) is 73.8 Å². The molecule has 200 valence electrons. The fourth-order valence-corrected chi connectivity index (χ4v) is 5.66. The number of nitrogens with zero attached hydrogens (tertiary/aromatic N) is 2. The Bertz CT molecular complexity index is 1100. The second kappa shape index (κ2) is 12.6. The Kier molecular flexibility index (Phi) is 10.6. The summed E-state index contributed by atoms with van der Waals surface area (Å²) in [5.41, 5.74) is 7.65. The molecule has 37 heavy (non-hydrogen) atoms. The summed E-state index contributed by atoms with van der Waals surface area (Å²) in [6.07, 6.45) is 12.7. The second-order valence-corrected chi connectivity index (χ2v) is 11.0. The number of hydrogen-bond donors (Lipinski definition) is 2. The predicted octanol–water partition coefficient (Wildman–Crippen LogP) is 0.717. The molecular weight excluding hydrogens is 588 g/mol. The van der Waals surface area contributed by atoms with E-state index in [1.165, 1.54) is 33.4 Å². The minimum absolute atomic E-state index is 0. The maximum atomic E-state index is 3.37. The fraction of sp³-hybridized carbons (Fsp3) is 0.419. The molecule has 4 aromatic rings. The Labute approximate surface area is 244 Å². The summed E-state index contributed by atoms with van der Waals surface area (Å²) in [5.74, 6) is 1.48. The van der Waals surface area contributed by atoms with Gasteiger partial charge in [-0.1, -0.05) is 91.8 Å². The van der Waals surface area contributed by atoms with Gasteiger partial charge in [0.2, 0.25) is 12.7 Å². The number of aromatic amines is 2. The molecule has 2 heterocycles. The van der Waals surface area contributed by atoms with Gasteiger partial charge < -0.3 is 34.0 Å². The van der Waals surface area contributed by atoms with Gasteiger partial charge in [-0.15, -0.1) is 0 Å². The van der Waals surface area contributed by atoms with Gasteiger partial charge in [0, 0.05) is 0 Å². The van der Waals surface area contributed by atoms with E-state index < -0.39 is 5.66 Å². The number of nitrogens with one attached hydrogen (secondary N) is 2. The van der Waals surface area contributed by atoms with Gasteiger partial charge in [-0.3, -0.25) is 9.97 Å². The van der Waals surface area contributed by atoms with Crippen molar-refractivity contribution in [3.63, 3.8) is 0 Å². The molecule has 4 nitrogen and oxygen atoms in total. The molecule has 2 aromatic heterocycles. The highest BCUT2D eigenvalue weighted by molar-refractivity contribution is 5.52. The number of halogens is 2. The normalized spacial score (nSPS) is 11.8. The van der Waals surface area contributed by atoms with Crippen LogP contribution in [0.5, 0.6) is 0 Å². The van der Waals surface area contributed by atoms with Crippen LogP contribution in [0.4, 0.5) is 0 Å². The molecule has 2 N–H and O–H groups in total. The van der Waals surface area contributed by atoms with E-state index >= 15 is 0 Å². The predicted molar refractivity (Wildman–Crippen MR) is 143 cm³/mol. The van der Waals surface area contributed by atoms with Crippen LogP contribution in [-0.2, 0) is 5.66 Å². The highest BCUT2D eigenvalue weighted by Gasteiger charge is 2.53. The maximum absolute atomic E-state index is 3.37. The number of rotatable bonds is 8. The zero-order valence-corrected chi connectivity index (χ0v) is 26.6. The highest BCUT2D eigenvalue weighted by atomic mass is 79.9. The van der Waals surface area contributed by atoms with Crippen molar-refractivity contribution < 1.29 is 43.1 Å². The molecule has 0 fully saturated rings. The molecule has 0 saturated carbocycles. The first kappa shape index (κ1) is 31.0. The lowest BCUT2D eigenvalue weighted by atomic mass is 9.73. The van der Waals surface area contributed by atoms with Crippen molar-refractivity contribution in [2.45, 2.75) is 84.7 Å². The van der Waals surface area contributed by atoms with Crippen LogP contribution < -0.4 is 43.1 Å². The third-order valence-corrected chi connectivity index (χ3v) is 7.28. The number of benzene rings is 2. The summed E-state index contributed by atoms with van der Waals surface area (Å²) in [6, 6.07) is 13.8. The summed E-state index contributed by atoms with van der Waals surface area (Å²) in [5, 5.41) is 0. The Hall–Kier alpha value is -2.18. The monoisotopic (exact) mass is 628 g/mol. The quantitative estimate of drug-likeness (QED) is 0.270. The van der Waals surface area contributed by atoms with Crippen LogP contribution in [0.25, 0.3) is 0 Å². The highest BCUT2D eigenvalue weighted by Crippen LogP contribution is 2.43. The molecule has 0 aliphatic carbocycles. The van der Waals surface area contributed by atoms with E-state index in [9.17, 15) is 0 Å². The molecule has 0 unspecified atom stereocenters. The Morgan fingerprint density at radius 2 is 0.838 bits per heavy atom. The molecular formula is C31H42Br2N4. The molecule has 4 rings (SSSR count). The molecule has 0 radical (unpaired) electrons. The van der Waals surface area contributed by atoms with Crippen LogP contribution in [0, 0.1) is 0 Å². The van der Waals surface area contributed by atoms with E-state index in [1.54, 1.807) is 0 Å². The van der Waals surface area contributed by atoms with Crippen molar-refractivity contribution in [1.82, 2.24) is 9.97 Å². The number of hydrogen-bond acceptors (Lipinski definition) is 0. The Morgan fingerprint density at radius 3 is 1.05 bits per heavy atom. The van der Waals surface area contributed by atoms with Crippen molar-refractivity contribution in [2.24, 2.45) is 0 Å². The van der Waals surface area contributed by atoms with E-state index in [-0.39, 0.29) is 34.0 Å². The smallest absolute Gasteiger partial charge is 0.306 e. The van der Waals surface area contributed by atoms with E-state index in [2.05, 4.69) is 136 Å². The number of aromatic nitrogens is 4. The minimum atomic E-state index is -0.610. The summed E-state index contributed by atoms with van der Waals surface area (Å²) in [7, 11) is 0. The van der Waals surface area contributed by atoms with Crippen LogP contribution in [0.2, 0.25) is 0 Å². The van der Waals surface area contributed by atoms with Crippen LogP contribution in [0.1, 0.15) is 112 Å². The first-order valence-corrected chi connectivity index (χ1v) is 13.1. The van der Waals surface area contributed by atoms with E-state index in [0.717, 1.165) is 0 Å². The fourth-order valence-electron chi connectivity index (χ4n) is 5.66. The number of imidazole rings is 2. The molecule has 0 amide bonds. The van der Waals surface area contributed by atoms with Crippen molar-refractivity contribution in [3.05, 3.63) is 107 Å². The lowest BCUT2D eigenvalue weighted by molar-refractivity contribution is -0.971. The van der Waals surface area contributed by atoms with Gasteiger partial charge in [-0.25, -0.2) is 0 Å². The molecule has 6 heteroatoms. The second-order valence-electron chi connectivity index (χ2n) is 11.0. The number of H-pyrrole nitrogens is 2. The van der Waals surface area contributed by atoms with Crippen LogP contribution in [-0.4, -0.2) is 9.97 Å². The van der Waals surface area contributed by atoms with E-state index in [4.69, 9.17) is 0 Å². The topological polar surface area (TPSA) is 39.3 Å². The third kappa shape index (κ3) is 5.37. The van der Waals surface area contributed by atoms with Crippen molar-refractivity contribution in [3.8, 4) is 0 Å². The van der Waals surface area contributed by atoms with Crippen LogP contribution in [0.3, 0.4) is 0 Å². The third-order valence-electron chi connectivity index (χ3n) is 7.28. The molecule has 0 atom stereocenters. The largest absolute Gasteiger partial charge is 1.00 e. The Morgan fingerprint density at radius 1 is 0.541 bits per heavy atom. The van der Waals surface area contributed by atoms with Gasteiger partial charge in [0.1, 0.15) is 24.8 Å². The zero-order valence-electron chi connectivity index (χ0n) is 23.4. The maximum Gasteiger partial charge on any atom is 0.306 e. The van der Waals surface area contributed by atoms with Gasteiger partial charge in [0.05, 0.1) is 11.1 Å². The van der Waals surface area contributed by atoms with Gasteiger partial charge in [-0.2, -0.15) is 9.13 Å². The molecule has 0 spiro atoms. The summed E-state index contributed by atoms with van der Waals surface area (Å²) >= 11 is 0. The summed E-state index contributed by atoms with van der Waals surface area (Å²) < 4.78 is 4.75. The summed E-state index contributed by atoms with van der Waals surface area (Å²) in [4.78, 5) is 6.74. The van der Waals surface area contributed by atoms with Crippen molar-refractivity contribution >= 4 is 0 Å². The van der Waals surface area contributed by atoms with Crippen molar-refractivity contribution in [2.75, 3.05) is 0 Å². The zero-order chi connectivity index (χ0) is 25.3. The first-order chi connectivity index (χ1) is 16.7. The molecule has 0 bridgehead atoms. The standard InChI is InChI=1S/C31H40N4.2BrH/c1-21(2)25-11-9-12-26(22(3)4)29(25)31(34-17-15-32-19-34,35-18-16-33-20-35)30-27(23(5)6)13-10-14-28(30)24(7)8;;/h9-24H,1-8H3;2*1H. The van der Waals surface area contributed by atoms with Gasteiger partial charge >= 0.3 is 5.66 Å². The summed E-state index contributed by atoms with van der Waals surface area (Å²) in [6.45, 7) is 18.5. The lowest BCUT2D eigenvalue weighted by Gasteiger charge is -2.37. The lowest BCUT2D eigenvalue weighted by Crippen LogP contribution is -3.00. The average molecular weight is 631 g/mol.